The Morgan fingerprint density at radius 2 is 2.36 bits per heavy atom. The molecule has 7 heteroatoms. The van der Waals surface area contributed by atoms with Crippen molar-refractivity contribution < 1.29 is 9.47 Å². The Kier molecular flexibility index (Phi) is 3.46. The summed E-state index contributed by atoms with van der Waals surface area (Å²) >= 11 is 1.63. The lowest BCUT2D eigenvalue weighted by Gasteiger charge is -2.49. The van der Waals surface area contributed by atoms with Crippen LogP contribution in [0.15, 0.2) is 24.5 Å². The van der Waals surface area contributed by atoms with E-state index in [-0.39, 0.29) is 5.60 Å². The second-order valence-electron chi connectivity index (χ2n) is 5.86. The van der Waals surface area contributed by atoms with Crippen molar-refractivity contribution >= 4 is 16.5 Å². The number of pyridine rings is 1. The summed E-state index contributed by atoms with van der Waals surface area (Å²) in [4.78, 5) is 6.32. The van der Waals surface area contributed by atoms with E-state index in [1.807, 2.05) is 19.1 Å². The van der Waals surface area contributed by atoms with E-state index in [2.05, 4.69) is 20.1 Å². The molecule has 0 unspecified atom stereocenters. The largest absolute Gasteiger partial charge is 0.492 e. The van der Waals surface area contributed by atoms with Gasteiger partial charge in [-0.25, -0.2) is 0 Å². The van der Waals surface area contributed by atoms with Crippen LogP contribution in [0.1, 0.15) is 11.4 Å². The molecule has 4 rings (SSSR count). The number of aryl methyl sites for hydroxylation is 1. The first-order chi connectivity index (χ1) is 10.8. The van der Waals surface area contributed by atoms with Crippen molar-refractivity contribution in [2.24, 2.45) is 5.92 Å². The second kappa shape index (κ2) is 5.48. The number of hydrogen-bond donors (Lipinski definition) is 0. The van der Waals surface area contributed by atoms with Gasteiger partial charge in [0, 0.05) is 18.7 Å². The summed E-state index contributed by atoms with van der Waals surface area (Å²) in [5, 5.41) is 10.3. The van der Waals surface area contributed by atoms with Gasteiger partial charge in [0.15, 0.2) is 0 Å². The SMILES string of the molecule is Cc1nnc(N2CC3(C2)OCC[C@@H]3COc2cccnc2)s1. The van der Waals surface area contributed by atoms with Gasteiger partial charge in [-0.2, -0.15) is 0 Å². The lowest BCUT2D eigenvalue weighted by atomic mass is 9.81. The molecule has 2 aromatic heterocycles. The third-order valence-electron chi connectivity index (χ3n) is 4.39. The summed E-state index contributed by atoms with van der Waals surface area (Å²) in [7, 11) is 0. The predicted molar refractivity (Wildman–Crippen MR) is 83.4 cm³/mol. The molecular formula is C15H18N4O2S. The minimum atomic E-state index is -0.0816. The van der Waals surface area contributed by atoms with Crippen LogP contribution in [0.3, 0.4) is 0 Å². The van der Waals surface area contributed by atoms with Crippen molar-refractivity contribution in [2.75, 3.05) is 31.2 Å². The minimum absolute atomic E-state index is 0.0816. The van der Waals surface area contributed by atoms with Crippen LogP contribution in [0.25, 0.3) is 0 Å². The van der Waals surface area contributed by atoms with Gasteiger partial charge in [0.25, 0.3) is 0 Å². The molecule has 0 radical (unpaired) electrons. The molecule has 0 amide bonds. The quantitative estimate of drug-likeness (QED) is 0.858. The van der Waals surface area contributed by atoms with E-state index >= 15 is 0 Å². The van der Waals surface area contributed by atoms with E-state index in [4.69, 9.17) is 9.47 Å². The van der Waals surface area contributed by atoms with E-state index in [0.29, 0.717) is 12.5 Å². The fraction of sp³-hybridized carbons (Fsp3) is 0.533. The highest BCUT2D eigenvalue weighted by atomic mass is 32.1. The highest BCUT2D eigenvalue weighted by molar-refractivity contribution is 7.15. The van der Waals surface area contributed by atoms with E-state index in [9.17, 15) is 0 Å². The number of nitrogens with zero attached hydrogens (tertiary/aromatic N) is 4. The fourth-order valence-corrected chi connectivity index (χ4v) is 3.83. The molecule has 22 heavy (non-hydrogen) atoms. The molecule has 0 bridgehead atoms. The Labute approximate surface area is 133 Å². The molecule has 116 valence electrons. The van der Waals surface area contributed by atoms with Gasteiger partial charge in [0.05, 0.1) is 25.9 Å². The molecule has 2 aliphatic heterocycles. The van der Waals surface area contributed by atoms with Gasteiger partial charge < -0.3 is 14.4 Å². The summed E-state index contributed by atoms with van der Waals surface area (Å²) in [5.41, 5.74) is -0.0816. The van der Waals surface area contributed by atoms with Crippen LogP contribution in [0.5, 0.6) is 5.75 Å². The van der Waals surface area contributed by atoms with Crippen LogP contribution >= 0.6 is 11.3 Å². The third kappa shape index (κ3) is 2.44. The van der Waals surface area contributed by atoms with E-state index in [1.54, 1.807) is 23.7 Å². The average Bonchev–Trinajstić information content (AvgIpc) is 3.10. The molecule has 0 aliphatic carbocycles. The number of ether oxygens (including phenoxy) is 2. The molecular weight excluding hydrogens is 300 g/mol. The topological polar surface area (TPSA) is 60.4 Å². The molecule has 0 aromatic carbocycles. The Bertz CT molecular complexity index is 642. The zero-order chi connectivity index (χ0) is 15.0. The highest BCUT2D eigenvalue weighted by Crippen LogP contribution is 2.42. The Morgan fingerprint density at radius 3 is 3.09 bits per heavy atom. The molecule has 2 fully saturated rings. The molecule has 2 saturated heterocycles. The maximum absolute atomic E-state index is 6.06. The van der Waals surface area contributed by atoms with Crippen LogP contribution < -0.4 is 9.64 Å². The maximum Gasteiger partial charge on any atom is 0.208 e. The molecule has 6 nitrogen and oxygen atoms in total. The number of anilines is 1. The molecule has 1 spiro atoms. The maximum atomic E-state index is 6.06. The van der Waals surface area contributed by atoms with Crippen molar-refractivity contribution in [1.29, 1.82) is 0 Å². The van der Waals surface area contributed by atoms with Crippen molar-refractivity contribution in [3.8, 4) is 5.75 Å². The standard InChI is InChI=1S/C15H18N4O2S/c1-11-17-18-14(22-11)19-9-15(10-19)12(4-6-21-15)8-20-13-3-2-5-16-7-13/h2-3,5,7,12H,4,6,8-10H2,1H3/t12-/m1/s1. The summed E-state index contributed by atoms with van der Waals surface area (Å²) in [6.45, 7) is 5.22. The fourth-order valence-electron chi connectivity index (χ4n) is 3.15. The first kappa shape index (κ1) is 13.9. The molecule has 2 aromatic rings. The Hall–Kier alpha value is -1.73. The first-order valence-corrected chi connectivity index (χ1v) is 8.29. The molecule has 4 heterocycles. The van der Waals surface area contributed by atoms with Gasteiger partial charge in [-0.15, -0.1) is 10.2 Å². The zero-order valence-corrected chi connectivity index (χ0v) is 13.3. The monoisotopic (exact) mass is 318 g/mol. The zero-order valence-electron chi connectivity index (χ0n) is 12.4. The van der Waals surface area contributed by atoms with Gasteiger partial charge in [0.1, 0.15) is 16.4 Å². The molecule has 1 atom stereocenters. The summed E-state index contributed by atoms with van der Waals surface area (Å²) in [6, 6.07) is 3.83. The summed E-state index contributed by atoms with van der Waals surface area (Å²) < 4.78 is 11.9. The number of rotatable bonds is 4. The van der Waals surface area contributed by atoms with E-state index in [1.165, 1.54) is 0 Å². The summed E-state index contributed by atoms with van der Waals surface area (Å²) in [5.74, 6) is 1.23. The highest BCUT2D eigenvalue weighted by Gasteiger charge is 2.54. The first-order valence-electron chi connectivity index (χ1n) is 7.47. The molecule has 0 N–H and O–H groups in total. The van der Waals surface area contributed by atoms with Crippen molar-refractivity contribution in [2.45, 2.75) is 18.9 Å². The van der Waals surface area contributed by atoms with Crippen LogP contribution in [0, 0.1) is 12.8 Å². The van der Waals surface area contributed by atoms with E-state index in [0.717, 1.165) is 42.0 Å². The Morgan fingerprint density at radius 1 is 1.45 bits per heavy atom. The Balaban J connectivity index is 1.38. The normalized spacial score (nSPS) is 22.8. The van der Waals surface area contributed by atoms with Gasteiger partial charge in [-0.3, -0.25) is 4.98 Å². The second-order valence-corrected chi connectivity index (χ2v) is 7.02. The molecule has 2 aliphatic rings. The minimum Gasteiger partial charge on any atom is -0.492 e. The van der Waals surface area contributed by atoms with Gasteiger partial charge in [-0.1, -0.05) is 11.3 Å². The smallest absolute Gasteiger partial charge is 0.208 e. The third-order valence-corrected chi connectivity index (χ3v) is 5.29. The number of aromatic nitrogens is 3. The predicted octanol–water partition coefficient (Wildman–Crippen LogP) is 1.92. The van der Waals surface area contributed by atoms with Crippen LogP contribution in [0.4, 0.5) is 5.13 Å². The van der Waals surface area contributed by atoms with Gasteiger partial charge in [0.2, 0.25) is 5.13 Å². The lowest BCUT2D eigenvalue weighted by Crippen LogP contribution is -2.65. The summed E-state index contributed by atoms with van der Waals surface area (Å²) in [6.07, 6.45) is 4.55. The van der Waals surface area contributed by atoms with Gasteiger partial charge in [-0.05, 0) is 25.5 Å². The van der Waals surface area contributed by atoms with Crippen LogP contribution in [-0.4, -0.2) is 47.1 Å². The van der Waals surface area contributed by atoms with Crippen molar-refractivity contribution in [3.63, 3.8) is 0 Å². The van der Waals surface area contributed by atoms with Crippen LogP contribution in [0.2, 0.25) is 0 Å². The number of hydrogen-bond acceptors (Lipinski definition) is 7. The van der Waals surface area contributed by atoms with Crippen molar-refractivity contribution in [3.05, 3.63) is 29.5 Å². The van der Waals surface area contributed by atoms with Crippen LogP contribution in [-0.2, 0) is 4.74 Å². The van der Waals surface area contributed by atoms with E-state index < -0.39 is 0 Å². The molecule has 0 saturated carbocycles. The van der Waals surface area contributed by atoms with Gasteiger partial charge >= 0.3 is 0 Å². The lowest BCUT2D eigenvalue weighted by molar-refractivity contribution is -0.0523. The van der Waals surface area contributed by atoms with Crippen molar-refractivity contribution in [1.82, 2.24) is 15.2 Å². The average molecular weight is 318 g/mol.